The number of nitrogens with zero attached hydrogens (tertiary/aromatic N) is 3. The van der Waals surface area contributed by atoms with Gasteiger partial charge in [0.2, 0.25) is 5.95 Å². The summed E-state index contributed by atoms with van der Waals surface area (Å²) in [6, 6.07) is 0.369. The summed E-state index contributed by atoms with van der Waals surface area (Å²) in [4.78, 5) is 14.9. The van der Waals surface area contributed by atoms with Gasteiger partial charge in [-0.1, -0.05) is 6.92 Å². The summed E-state index contributed by atoms with van der Waals surface area (Å²) >= 11 is 0. The molecule has 0 saturated heterocycles. The van der Waals surface area contributed by atoms with Crippen molar-refractivity contribution >= 4 is 11.9 Å². The van der Waals surface area contributed by atoms with Crippen LogP contribution >= 0.6 is 0 Å². The van der Waals surface area contributed by atoms with Crippen molar-refractivity contribution in [3.63, 3.8) is 0 Å². The topological polar surface area (TPSA) is 80.0 Å². The van der Waals surface area contributed by atoms with E-state index in [1.54, 1.807) is 0 Å². The van der Waals surface area contributed by atoms with Crippen LogP contribution < -0.4 is 5.32 Å². The van der Waals surface area contributed by atoms with Crippen LogP contribution in [0.25, 0.3) is 0 Å². The van der Waals surface area contributed by atoms with E-state index in [-0.39, 0.29) is 6.42 Å². The van der Waals surface area contributed by atoms with E-state index < -0.39 is 5.97 Å². The van der Waals surface area contributed by atoms with Gasteiger partial charge in [0.25, 0.3) is 0 Å². The van der Waals surface area contributed by atoms with E-state index in [4.69, 9.17) is 5.11 Å². The van der Waals surface area contributed by atoms with Crippen LogP contribution in [0.15, 0.2) is 0 Å². The number of hydrogen-bond acceptors (Lipinski definition) is 4. The van der Waals surface area contributed by atoms with Crippen molar-refractivity contribution in [3.8, 4) is 0 Å². The zero-order valence-electron chi connectivity index (χ0n) is 9.81. The Kier molecular flexibility index (Phi) is 2.14. The van der Waals surface area contributed by atoms with Crippen molar-refractivity contribution in [2.75, 3.05) is 11.9 Å². The molecule has 6 nitrogen and oxygen atoms in total. The van der Waals surface area contributed by atoms with Crippen LogP contribution in [0.2, 0.25) is 0 Å². The summed E-state index contributed by atoms with van der Waals surface area (Å²) in [7, 11) is 0. The zero-order chi connectivity index (χ0) is 12.0. The van der Waals surface area contributed by atoms with Gasteiger partial charge in [-0.15, -0.1) is 0 Å². The quantitative estimate of drug-likeness (QED) is 0.820. The van der Waals surface area contributed by atoms with E-state index in [1.165, 1.54) is 12.8 Å². The van der Waals surface area contributed by atoms with Crippen LogP contribution in [0, 0.1) is 5.41 Å². The summed E-state index contributed by atoms with van der Waals surface area (Å²) in [5, 5.41) is 16.3. The molecule has 6 heteroatoms. The summed E-state index contributed by atoms with van der Waals surface area (Å²) in [5.41, 5.74) is 0.338. The minimum absolute atomic E-state index is 0.106. The number of carbonyl (C=O) groups is 1. The second-order valence-electron chi connectivity index (χ2n) is 5.25. The van der Waals surface area contributed by atoms with Crippen molar-refractivity contribution in [1.29, 1.82) is 0 Å². The van der Waals surface area contributed by atoms with Crippen molar-refractivity contribution in [2.24, 2.45) is 5.41 Å². The molecule has 1 aliphatic carbocycles. The summed E-state index contributed by atoms with van der Waals surface area (Å²) in [6.45, 7) is 3.16. The van der Waals surface area contributed by atoms with E-state index in [0.717, 1.165) is 18.9 Å². The molecule has 0 radical (unpaired) electrons. The second kappa shape index (κ2) is 3.45. The van der Waals surface area contributed by atoms with Gasteiger partial charge >= 0.3 is 5.97 Å². The Labute approximate surface area is 99.0 Å². The lowest BCUT2D eigenvalue weighted by molar-refractivity contribution is -0.136. The Morgan fingerprint density at radius 3 is 3.06 bits per heavy atom. The van der Waals surface area contributed by atoms with Gasteiger partial charge in [-0.2, -0.15) is 10.1 Å². The molecule has 1 atom stereocenters. The molecule has 1 saturated carbocycles. The normalized spacial score (nSPS) is 24.9. The maximum atomic E-state index is 10.7. The minimum Gasteiger partial charge on any atom is -0.481 e. The number of rotatable bonds is 3. The van der Waals surface area contributed by atoms with Crippen molar-refractivity contribution in [2.45, 2.75) is 38.6 Å². The summed E-state index contributed by atoms with van der Waals surface area (Å²) in [6.07, 6.45) is 3.39. The number of carboxylic acid groups (broad SMARTS) is 1. The van der Waals surface area contributed by atoms with Gasteiger partial charge in [0.15, 0.2) is 5.82 Å². The molecule has 1 aliphatic heterocycles. The number of anilines is 1. The fourth-order valence-corrected chi connectivity index (χ4v) is 2.53. The van der Waals surface area contributed by atoms with E-state index in [1.807, 2.05) is 4.68 Å². The average molecular weight is 236 g/mol. The second-order valence-corrected chi connectivity index (χ2v) is 5.25. The molecule has 17 heavy (non-hydrogen) atoms. The number of carboxylic acids is 1. The maximum absolute atomic E-state index is 10.7. The van der Waals surface area contributed by atoms with Gasteiger partial charge in [-0.3, -0.25) is 4.79 Å². The van der Waals surface area contributed by atoms with Crippen LogP contribution in [-0.4, -0.2) is 32.4 Å². The fraction of sp³-hybridized carbons (Fsp3) is 0.727. The molecule has 0 spiro atoms. The first kappa shape index (κ1) is 10.6. The molecule has 0 bridgehead atoms. The highest BCUT2D eigenvalue weighted by atomic mass is 16.4. The molecule has 1 unspecified atom stereocenters. The highest BCUT2D eigenvalue weighted by Gasteiger charge is 2.47. The SMILES string of the molecule is CC1(C2CCNc3nc(CC(=O)O)nn32)CC1. The lowest BCUT2D eigenvalue weighted by atomic mass is 9.95. The van der Waals surface area contributed by atoms with Crippen LogP contribution in [0.1, 0.15) is 38.1 Å². The third kappa shape index (κ3) is 1.77. The van der Waals surface area contributed by atoms with Crippen LogP contribution in [0.4, 0.5) is 5.95 Å². The van der Waals surface area contributed by atoms with E-state index in [2.05, 4.69) is 22.3 Å². The lowest BCUT2D eigenvalue weighted by Crippen LogP contribution is -2.29. The number of aliphatic carboxylic acids is 1. The molecule has 1 aromatic rings. The Morgan fingerprint density at radius 1 is 1.65 bits per heavy atom. The van der Waals surface area contributed by atoms with Gasteiger partial charge in [0, 0.05) is 6.54 Å². The minimum atomic E-state index is -0.887. The number of fused-ring (bicyclic) bond motifs is 1. The van der Waals surface area contributed by atoms with Crippen LogP contribution in [0.5, 0.6) is 0 Å². The molecule has 1 aromatic heterocycles. The smallest absolute Gasteiger partial charge is 0.311 e. The van der Waals surface area contributed by atoms with E-state index in [9.17, 15) is 4.79 Å². The molecule has 3 rings (SSSR count). The largest absolute Gasteiger partial charge is 0.481 e. The lowest BCUT2D eigenvalue weighted by Gasteiger charge is -2.29. The Balaban J connectivity index is 1.91. The molecule has 2 N–H and O–H groups in total. The highest BCUT2D eigenvalue weighted by Crippen LogP contribution is 2.55. The predicted molar refractivity (Wildman–Crippen MR) is 60.8 cm³/mol. The highest BCUT2D eigenvalue weighted by molar-refractivity contribution is 5.69. The first-order valence-corrected chi connectivity index (χ1v) is 6.00. The maximum Gasteiger partial charge on any atom is 0.311 e. The number of nitrogens with one attached hydrogen (secondary N) is 1. The molecule has 92 valence electrons. The molecular formula is C11H16N4O2. The third-order valence-electron chi connectivity index (χ3n) is 3.82. The van der Waals surface area contributed by atoms with Gasteiger partial charge in [-0.25, -0.2) is 4.68 Å². The van der Waals surface area contributed by atoms with Crippen LogP contribution in [0.3, 0.4) is 0 Å². The molecule has 1 fully saturated rings. The number of hydrogen-bond donors (Lipinski definition) is 2. The predicted octanol–water partition coefficient (Wildman–Crippen LogP) is 1.06. The van der Waals surface area contributed by atoms with Gasteiger partial charge < -0.3 is 10.4 Å². The molecular weight excluding hydrogens is 220 g/mol. The van der Waals surface area contributed by atoms with Crippen molar-refractivity contribution in [1.82, 2.24) is 14.8 Å². The molecule has 2 heterocycles. The molecule has 2 aliphatic rings. The Hall–Kier alpha value is -1.59. The molecule has 0 aromatic carbocycles. The first-order chi connectivity index (χ1) is 8.08. The standard InChI is InChI=1S/C11H16N4O2/c1-11(3-4-11)7-2-5-12-10-13-8(6-9(16)17)14-15(7)10/h7H,2-6H2,1H3,(H,16,17)(H,12,13,14). The van der Waals surface area contributed by atoms with Crippen molar-refractivity contribution in [3.05, 3.63) is 5.82 Å². The van der Waals surface area contributed by atoms with Crippen LogP contribution in [-0.2, 0) is 11.2 Å². The van der Waals surface area contributed by atoms with E-state index in [0.29, 0.717) is 17.3 Å². The third-order valence-corrected chi connectivity index (χ3v) is 3.82. The molecule has 0 amide bonds. The van der Waals surface area contributed by atoms with Crippen molar-refractivity contribution < 1.29 is 9.90 Å². The Morgan fingerprint density at radius 2 is 2.41 bits per heavy atom. The van der Waals surface area contributed by atoms with Gasteiger partial charge in [0.1, 0.15) is 6.42 Å². The summed E-state index contributed by atoms with van der Waals surface area (Å²) < 4.78 is 1.90. The average Bonchev–Trinajstić information content (AvgIpc) is 2.88. The number of aromatic nitrogens is 3. The zero-order valence-corrected chi connectivity index (χ0v) is 9.81. The first-order valence-electron chi connectivity index (χ1n) is 6.00. The monoisotopic (exact) mass is 236 g/mol. The van der Waals surface area contributed by atoms with Gasteiger partial charge in [0.05, 0.1) is 6.04 Å². The fourth-order valence-electron chi connectivity index (χ4n) is 2.53. The Bertz CT molecular complexity index is 464. The summed E-state index contributed by atoms with van der Waals surface area (Å²) in [5.74, 6) is 0.240. The van der Waals surface area contributed by atoms with Gasteiger partial charge in [-0.05, 0) is 24.7 Å². The van der Waals surface area contributed by atoms with E-state index >= 15 is 0 Å².